The van der Waals surface area contributed by atoms with E-state index in [2.05, 4.69) is 32.1 Å². The van der Waals surface area contributed by atoms with Crippen LogP contribution in [0.3, 0.4) is 0 Å². The molecule has 0 radical (unpaired) electrons. The number of rotatable bonds is 33. The summed E-state index contributed by atoms with van der Waals surface area (Å²) < 4.78 is 10.5. The van der Waals surface area contributed by atoms with Crippen LogP contribution >= 0.6 is 0 Å². The van der Waals surface area contributed by atoms with Gasteiger partial charge in [0.25, 0.3) is 0 Å². The monoisotopic (exact) mass is 655 g/mol. The fourth-order valence-electron chi connectivity index (χ4n) is 4.99. The molecule has 0 aromatic heterocycles. The second-order valence-corrected chi connectivity index (χ2v) is 12.4. The Labute approximate surface area is 289 Å². The summed E-state index contributed by atoms with van der Waals surface area (Å²) in [5.74, 6) is -0.688. The van der Waals surface area contributed by atoms with E-state index in [0.29, 0.717) is 12.8 Å². The fraction of sp³-hybridized carbons (Fsp3) is 0.667. The van der Waals surface area contributed by atoms with Crippen molar-refractivity contribution in [2.75, 3.05) is 13.2 Å². The van der Waals surface area contributed by atoms with E-state index < -0.39 is 6.10 Å². The number of allylic oxidation sites excluding steroid dienone is 12. The quantitative estimate of drug-likeness (QED) is 0.0330. The van der Waals surface area contributed by atoms with Crippen molar-refractivity contribution < 1.29 is 24.2 Å². The number of unbranched alkanes of at least 4 members (excludes halogenated alkanes) is 17. The summed E-state index contributed by atoms with van der Waals surface area (Å²) in [4.78, 5) is 24.2. The molecule has 5 nitrogen and oxygen atoms in total. The molecular weight excluding hydrogens is 584 g/mol. The van der Waals surface area contributed by atoms with Gasteiger partial charge in [0.1, 0.15) is 6.61 Å². The third-order valence-corrected chi connectivity index (χ3v) is 7.86. The van der Waals surface area contributed by atoms with Crippen molar-refractivity contribution in [3.05, 3.63) is 72.9 Å². The van der Waals surface area contributed by atoms with E-state index in [1.165, 1.54) is 96.3 Å². The first kappa shape index (κ1) is 44.3. The molecule has 0 aliphatic rings. The van der Waals surface area contributed by atoms with E-state index in [9.17, 15) is 14.7 Å². The van der Waals surface area contributed by atoms with Crippen molar-refractivity contribution >= 4 is 11.9 Å². The summed E-state index contributed by atoms with van der Waals surface area (Å²) in [5, 5.41) is 9.53. The Morgan fingerprint density at radius 3 is 1.49 bits per heavy atom. The van der Waals surface area contributed by atoms with E-state index in [-0.39, 0.29) is 31.6 Å². The molecule has 0 heterocycles. The molecule has 268 valence electrons. The third kappa shape index (κ3) is 36.0. The number of hydrogen-bond acceptors (Lipinski definition) is 5. The Hall–Kier alpha value is -2.66. The summed E-state index contributed by atoms with van der Waals surface area (Å²) in [7, 11) is 0. The first-order valence-electron chi connectivity index (χ1n) is 19.1. The zero-order valence-electron chi connectivity index (χ0n) is 30.3. The van der Waals surface area contributed by atoms with Crippen molar-refractivity contribution in [1.29, 1.82) is 0 Å². The maximum absolute atomic E-state index is 12.2. The zero-order valence-corrected chi connectivity index (χ0v) is 30.3. The highest BCUT2D eigenvalue weighted by atomic mass is 16.6. The van der Waals surface area contributed by atoms with E-state index >= 15 is 0 Å². The van der Waals surface area contributed by atoms with Gasteiger partial charge in [0.2, 0.25) is 0 Å². The number of esters is 2. The first-order chi connectivity index (χ1) is 23.1. The minimum atomic E-state index is -0.804. The van der Waals surface area contributed by atoms with Gasteiger partial charge in [0.05, 0.1) is 6.61 Å². The molecule has 0 aromatic carbocycles. The van der Waals surface area contributed by atoms with E-state index in [0.717, 1.165) is 32.1 Å². The molecule has 0 bridgehead atoms. The second kappa shape index (κ2) is 37.8. The van der Waals surface area contributed by atoms with Crippen LogP contribution in [-0.4, -0.2) is 36.4 Å². The Morgan fingerprint density at radius 1 is 0.511 bits per heavy atom. The predicted octanol–water partition coefficient (Wildman–Crippen LogP) is 11.8. The summed E-state index contributed by atoms with van der Waals surface area (Å²) in [6.45, 7) is 3.91. The average molecular weight is 655 g/mol. The summed E-state index contributed by atoms with van der Waals surface area (Å²) in [6.07, 6.45) is 49.7. The van der Waals surface area contributed by atoms with Crippen LogP contribution in [0.2, 0.25) is 0 Å². The molecule has 0 aliphatic heterocycles. The second-order valence-electron chi connectivity index (χ2n) is 12.4. The highest BCUT2D eigenvalue weighted by Gasteiger charge is 2.16. The molecule has 0 fully saturated rings. The van der Waals surface area contributed by atoms with Gasteiger partial charge in [-0.25, -0.2) is 0 Å². The van der Waals surface area contributed by atoms with Crippen molar-refractivity contribution in [2.24, 2.45) is 0 Å². The molecule has 0 aromatic rings. The number of carbonyl (C=O) groups excluding carboxylic acids is 2. The molecule has 0 aliphatic carbocycles. The van der Waals surface area contributed by atoms with Gasteiger partial charge in [-0.05, 0) is 51.4 Å². The van der Waals surface area contributed by atoms with Gasteiger partial charge in [0, 0.05) is 12.8 Å². The van der Waals surface area contributed by atoms with Gasteiger partial charge in [-0.1, -0.05) is 170 Å². The lowest BCUT2D eigenvalue weighted by molar-refractivity contribution is -0.161. The lowest BCUT2D eigenvalue weighted by Gasteiger charge is -2.15. The first-order valence-corrected chi connectivity index (χ1v) is 19.1. The highest BCUT2D eigenvalue weighted by Crippen LogP contribution is 2.13. The van der Waals surface area contributed by atoms with Gasteiger partial charge in [-0.15, -0.1) is 0 Å². The average Bonchev–Trinajstić information content (AvgIpc) is 3.07. The predicted molar refractivity (Wildman–Crippen MR) is 200 cm³/mol. The fourth-order valence-corrected chi connectivity index (χ4v) is 4.99. The minimum absolute atomic E-state index is 0.108. The molecule has 0 saturated carbocycles. The van der Waals surface area contributed by atoms with Crippen LogP contribution in [-0.2, 0) is 19.1 Å². The molecule has 5 heteroatoms. The molecule has 0 amide bonds. The Balaban J connectivity index is 3.65. The Bertz CT molecular complexity index is 879. The van der Waals surface area contributed by atoms with E-state index in [1.54, 1.807) is 0 Å². The molecule has 0 saturated heterocycles. The third-order valence-electron chi connectivity index (χ3n) is 7.86. The van der Waals surface area contributed by atoms with Gasteiger partial charge in [0.15, 0.2) is 6.10 Å². The van der Waals surface area contributed by atoms with Gasteiger partial charge in [-0.3, -0.25) is 9.59 Å². The maximum Gasteiger partial charge on any atom is 0.306 e. The normalized spacial score (nSPS) is 13.0. The molecule has 0 spiro atoms. The minimum Gasteiger partial charge on any atom is -0.462 e. The molecule has 47 heavy (non-hydrogen) atoms. The van der Waals surface area contributed by atoms with Gasteiger partial charge < -0.3 is 14.6 Å². The summed E-state index contributed by atoms with van der Waals surface area (Å²) in [5.41, 5.74) is 0. The zero-order chi connectivity index (χ0) is 34.3. The van der Waals surface area contributed by atoms with Crippen LogP contribution in [0.1, 0.15) is 162 Å². The number of aliphatic hydroxyl groups is 1. The number of ether oxygens (including phenoxy) is 2. The van der Waals surface area contributed by atoms with Crippen LogP contribution < -0.4 is 0 Å². The molecule has 0 rings (SSSR count). The summed E-state index contributed by atoms with van der Waals surface area (Å²) >= 11 is 0. The Morgan fingerprint density at radius 2 is 0.957 bits per heavy atom. The van der Waals surface area contributed by atoms with Crippen LogP contribution in [0.15, 0.2) is 72.9 Å². The smallest absolute Gasteiger partial charge is 0.306 e. The number of aliphatic hydroxyl groups excluding tert-OH is 1. The maximum atomic E-state index is 12.2. The molecule has 1 unspecified atom stereocenters. The van der Waals surface area contributed by atoms with Gasteiger partial charge in [-0.2, -0.15) is 0 Å². The SMILES string of the molecule is CC/C=C/C=C/C=C/C=C/C=C/CCCC(=O)OCC(CO)OC(=O)CCCCCCCCC/C=C/CCCCCCCCCCC. The van der Waals surface area contributed by atoms with Gasteiger partial charge >= 0.3 is 11.9 Å². The van der Waals surface area contributed by atoms with E-state index in [4.69, 9.17) is 9.47 Å². The van der Waals surface area contributed by atoms with Crippen LogP contribution in [0.5, 0.6) is 0 Å². The standard InChI is InChI=1S/C42H70O5/c1-3-5-7-9-11-13-15-17-18-19-20-21-22-23-25-27-29-31-33-35-37-42(45)47-40(38-43)39-46-41(44)36-34-32-30-28-26-24-16-14-12-10-8-6-4-2/h6,8,10,12,14,16,20-21,24,26,28,30,40,43H,3-5,7,9,11,13,15,17-19,22-23,25,27,29,31-39H2,1-2H3/b8-6+,12-10+,16-14+,21-20+,26-24+,30-28+. The topological polar surface area (TPSA) is 72.8 Å². The Kier molecular flexibility index (Phi) is 35.7. The lowest BCUT2D eigenvalue weighted by atomic mass is 10.1. The van der Waals surface area contributed by atoms with Crippen LogP contribution in [0.4, 0.5) is 0 Å². The summed E-state index contributed by atoms with van der Waals surface area (Å²) in [6, 6.07) is 0. The molecule has 1 N–H and O–H groups in total. The van der Waals surface area contributed by atoms with Crippen molar-refractivity contribution in [3.8, 4) is 0 Å². The largest absolute Gasteiger partial charge is 0.462 e. The number of carbonyl (C=O) groups is 2. The molecular formula is C42H70O5. The van der Waals surface area contributed by atoms with Crippen LogP contribution in [0.25, 0.3) is 0 Å². The van der Waals surface area contributed by atoms with Crippen molar-refractivity contribution in [1.82, 2.24) is 0 Å². The number of hydrogen-bond donors (Lipinski definition) is 1. The van der Waals surface area contributed by atoms with Crippen molar-refractivity contribution in [2.45, 2.75) is 168 Å². The lowest BCUT2D eigenvalue weighted by Crippen LogP contribution is -2.28. The van der Waals surface area contributed by atoms with Crippen molar-refractivity contribution in [3.63, 3.8) is 0 Å². The highest BCUT2D eigenvalue weighted by molar-refractivity contribution is 5.70. The molecule has 1 atom stereocenters. The van der Waals surface area contributed by atoms with E-state index in [1.807, 2.05) is 54.7 Å². The van der Waals surface area contributed by atoms with Crippen LogP contribution in [0, 0.1) is 0 Å².